The molecule has 182 valence electrons. The number of nitrogens with one attached hydrogen (secondary N) is 1. The topological polar surface area (TPSA) is 72.3 Å². The first-order valence-corrected chi connectivity index (χ1v) is 11.8. The Balaban J connectivity index is 1.46. The van der Waals surface area contributed by atoms with E-state index in [9.17, 15) is 13.6 Å². The molecule has 3 aromatic rings. The number of hydrogen-bond donors (Lipinski definition) is 1. The molecule has 0 amide bonds. The van der Waals surface area contributed by atoms with Gasteiger partial charge < -0.3 is 15.0 Å². The number of nitrogens with zero attached hydrogens (tertiary/aromatic N) is 4. The Bertz CT molecular complexity index is 1350. The van der Waals surface area contributed by atoms with E-state index in [0.717, 1.165) is 31.4 Å². The van der Waals surface area contributed by atoms with E-state index < -0.39 is 11.6 Å². The molecule has 0 radical (unpaired) electrons. The van der Waals surface area contributed by atoms with Crippen LogP contribution in [0, 0.1) is 11.6 Å². The molecule has 4 heterocycles. The van der Waals surface area contributed by atoms with Crippen molar-refractivity contribution < 1.29 is 13.5 Å². The predicted molar refractivity (Wildman–Crippen MR) is 131 cm³/mol. The molecule has 0 unspecified atom stereocenters. The molecule has 0 saturated heterocycles. The third-order valence-corrected chi connectivity index (χ3v) is 6.30. The SMILES string of the molecule is CC(C)N1CCOc2c(F)cc(-c3nc(Cc4ccn(C5=CCNCC5)c(=O)c4)ncc3F)cc21. The van der Waals surface area contributed by atoms with Gasteiger partial charge in [0.25, 0.3) is 5.56 Å². The summed E-state index contributed by atoms with van der Waals surface area (Å²) in [7, 11) is 0. The largest absolute Gasteiger partial charge is 0.486 e. The average molecular weight is 480 g/mol. The molecule has 0 aliphatic carbocycles. The first-order chi connectivity index (χ1) is 16.9. The van der Waals surface area contributed by atoms with Gasteiger partial charge in [0.2, 0.25) is 0 Å². The lowest BCUT2D eigenvalue weighted by atomic mass is 10.1. The van der Waals surface area contributed by atoms with Crippen molar-refractivity contribution in [2.24, 2.45) is 0 Å². The van der Waals surface area contributed by atoms with E-state index in [1.54, 1.807) is 22.9 Å². The smallest absolute Gasteiger partial charge is 0.255 e. The minimum Gasteiger partial charge on any atom is -0.486 e. The lowest BCUT2D eigenvalue weighted by Gasteiger charge is -2.34. The fourth-order valence-corrected chi connectivity index (χ4v) is 4.55. The van der Waals surface area contributed by atoms with Crippen molar-refractivity contribution in [2.45, 2.75) is 32.7 Å². The highest BCUT2D eigenvalue weighted by Gasteiger charge is 2.25. The molecular weight excluding hydrogens is 452 g/mol. The fourth-order valence-electron chi connectivity index (χ4n) is 4.55. The Kier molecular flexibility index (Phi) is 6.34. The van der Waals surface area contributed by atoms with E-state index in [2.05, 4.69) is 15.3 Å². The minimum atomic E-state index is -0.644. The summed E-state index contributed by atoms with van der Waals surface area (Å²) < 4.78 is 36.9. The van der Waals surface area contributed by atoms with Crippen molar-refractivity contribution in [2.75, 3.05) is 31.1 Å². The second-order valence-electron chi connectivity index (χ2n) is 8.99. The van der Waals surface area contributed by atoms with Crippen LogP contribution in [0.3, 0.4) is 0 Å². The van der Waals surface area contributed by atoms with Crippen molar-refractivity contribution in [3.05, 3.63) is 76.1 Å². The molecule has 2 aromatic heterocycles. The number of ether oxygens (including phenoxy) is 1. The Morgan fingerprint density at radius 3 is 2.80 bits per heavy atom. The Hall–Kier alpha value is -3.59. The van der Waals surface area contributed by atoms with Gasteiger partial charge in [0.05, 0.1) is 18.4 Å². The summed E-state index contributed by atoms with van der Waals surface area (Å²) in [4.78, 5) is 23.2. The summed E-state index contributed by atoms with van der Waals surface area (Å²) in [5, 5.41) is 3.23. The van der Waals surface area contributed by atoms with Gasteiger partial charge in [0.15, 0.2) is 17.4 Å². The number of rotatable bonds is 5. The molecule has 9 heteroatoms. The summed E-state index contributed by atoms with van der Waals surface area (Å²) >= 11 is 0. The standard InChI is InChI=1S/C26H27F2N5O2/c1-16(2)32-9-10-35-26-20(27)13-18(14-22(26)32)25-21(28)15-30-23(31-25)11-17-5-8-33(24(34)12-17)19-3-6-29-7-4-19/h3,5,8,12-16,29H,4,6-7,9-11H2,1-2H3. The van der Waals surface area contributed by atoms with Crippen LogP contribution in [-0.4, -0.2) is 46.8 Å². The summed E-state index contributed by atoms with van der Waals surface area (Å²) in [5.41, 5.74) is 2.45. The van der Waals surface area contributed by atoms with Crippen LogP contribution in [-0.2, 0) is 6.42 Å². The Morgan fingerprint density at radius 2 is 2.06 bits per heavy atom. The molecule has 1 aromatic carbocycles. The highest BCUT2D eigenvalue weighted by Crippen LogP contribution is 2.39. The quantitative estimate of drug-likeness (QED) is 0.603. The Labute approximate surface area is 202 Å². The van der Waals surface area contributed by atoms with Crippen molar-refractivity contribution in [1.29, 1.82) is 0 Å². The molecule has 7 nitrogen and oxygen atoms in total. The van der Waals surface area contributed by atoms with Gasteiger partial charge in [-0.05, 0) is 37.6 Å². The molecule has 2 aliphatic heterocycles. The molecule has 0 spiro atoms. The third-order valence-electron chi connectivity index (χ3n) is 6.30. The summed E-state index contributed by atoms with van der Waals surface area (Å²) in [6.45, 7) is 6.60. The van der Waals surface area contributed by atoms with Crippen LogP contribution in [0.25, 0.3) is 17.0 Å². The van der Waals surface area contributed by atoms with E-state index in [4.69, 9.17) is 4.74 Å². The van der Waals surface area contributed by atoms with Gasteiger partial charge in [0.1, 0.15) is 18.1 Å². The number of halogens is 2. The summed E-state index contributed by atoms with van der Waals surface area (Å²) in [6, 6.07) is 6.46. The van der Waals surface area contributed by atoms with Crippen LogP contribution in [0.5, 0.6) is 5.75 Å². The maximum atomic E-state index is 14.9. The summed E-state index contributed by atoms with van der Waals surface area (Å²) in [5.74, 6) is -0.685. The molecule has 0 saturated carbocycles. The number of anilines is 1. The number of benzene rings is 1. The second kappa shape index (κ2) is 9.58. The van der Waals surface area contributed by atoms with Gasteiger partial charge in [-0.2, -0.15) is 0 Å². The maximum absolute atomic E-state index is 14.9. The molecule has 1 N–H and O–H groups in total. The van der Waals surface area contributed by atoms with Crippen LogP contribution < -0.4 is 20.5 Å². The number of pyridine rings is 1. The van der Waals surface area contributed by atoms with Crippen LogP contribution in [0.4, 0.5) is 14.5 Å². The van der Waals surface area contributed by atoms with Gasteiger partial charge in [-0.1, -0.05) is 6.08 Å². The van der Waals surface area contributed by atoms with Gasteiger partial charge in [-0.15, -0.1) is 0 Å². The van der Waals surface area contributed by atoms with Gasteiger partial charge in [-0.3, -0.25) is 9.36 Å². The number of aromatic nitrogens is 3. The van der Waals surface area contributed by atoms with Crippen molar-refractivity contribution in [1.82, 2.24) is 19.9 Å². The van der Waals surface area contributed by atoms with E-state index >= 15 is 0 Å². The second-order valence-corrected chi connectivity index (χ2v) is 8.99. The molecule has 0 atom stereocenters. The lowest BCUT2D eigenvalue weighted by molar-refractivity contribution is 0.287. The van der Waals surface area contributed by atoms with E-state index in [1.807, 2.05) is 30.9 Å². The fraction of sp³-hybridized carbons (Fsp3) is 0.346. The van der Waals surface area contributed by atoms with Gasteiger partial charge >= 0.3 is 0 Å². The first-order valence-electron chi connectivity index (χ1n) is 11.8. The van der Waals surface area contributed by atoms with Crippen LogP contribution >= 0.6 is 0 Å². The van der Waals surface area contributed by atoms with Crippen molar-refractivity contribution in [3.63, 3.8) is 0 Å². The van der Waals surface area contributed by atoms with Gasteiger partial charge in [-0.25, -0.2) is 18.7 Å². The zero-order chi connectivity index (χ0) is 24.5. The first kappa shape index (κ1) is 23.2. The average Bonchev–Trinajstić information content (AvgIpc) is 2.85. The molecule has 0 fully saturated rings. The molecular formula is C26H27F2N5O2. The Morgan fingerprint density at radius 1 is 1.20 bits per heavy atom. The van der Waals surface area contributed by atoms with Crippen LogP contribution in [0.15, 0.2) is 47.5 Å². The zero-order valence-corrected chi connectivity index (χ0v) is 19.7. The highest BCUT2D eigenvalue weighted by atomic mass is 19.1. The van der Waals surface area contributed by atoms with E-state index in [1.165, 1.54) is 6.07 Å². The van der Waals surface area contributed by atoms with Gasteiger partial charge in [0, 0.05) is 55.5 Å². The number of fused-ring (bicyclic) bond motifs is 1. The maximum Gasteiger partial charge on any atom is 0.255 e. The molecule has 2 aliphatic rings. The normalized spacial score (nSPS) is 15.6. The van der Waals surface area contributed by atoms with Crippen molar-refractivity contribution >= 4 is 11.4 Å². The molecule has 35 heavy (non-hydrogen) atoms. The van der Waals surface area contributed by atoms with Crippen LogP contribution in [0.2, 0.25) is 0 Å². The van der Waals surface area contributed by atoms with E-state index in [-0.39, 0.29) is 29.5 Å². The van der Waals surface area contributed by atoms with Crippen LogP contribution in [0.1, 0.15) is 31.7 Å². The lowest BCUT2D eigenvalue weighted by Crippen LogP contribution is -2.38. The predicted octanol–water partition coefficient (Wildman–Crippen LogP) is 3.62. The minimum absolute atomic E-state index is 0.0131. The monoisotopic (exact) mass is 479 g/mol. The number of hydrogen-bond acceptors (Lipinski definition) is 6. The molecule has 0 bridgehead atoms. The third kappa shape index (κ3) is 4.68. The highest BCUT2D eigenvalue weighted by molar-refractivity contribution is 5.72. The van der Waals surface area contributed by atoms with Crippen molar-refractivity contribution in [3.8, 4) is 17.0 Å². The molecule has 5 rings (SSSR count). The van der Waals surface area contributed by atoms with E-state index in [0.29, 0.717) is 35.8 Å². The zero-order valence-electron chi connectivity index (χ0n) is 19.7. The summed E-state index contributed by atoms with van der Waals surface area (Å²) in [6.07, 6.45) is 5.87.